The zero-order chi connectivity index (χ0) is 10.7. The third-order valence-corrected chi connectivity index (χ3v) is 3.49. The Labute approximate surface area is 96.1 Å². The Morgan fingerprint density at radius 1 is 1.33 bits per heavy atom. The SMILES string of the molecule is CCc1c[nH]c(=S)n1CCN1CCCC1. The van der Waals surface area contributed by atoms with Crippen LogP contribution in [0, 0.1) is 4.77 Å². The van der Waals surface area contributed by atoms with Crippen molar-refractivity contribution in [2.24, 2.45) is 0 Å². The Balaban J connectivity index is 1.97. The molecular weight excluding hydrogens is 206 g/mol. The van der Waals surface area contributed by atoms with Crippen LogP contribution >= 0.6 is 12.2 Å². The van der Waals surface area contributed by atoms with E-state index >= 15 is 0 Å². The van der Waals surface area contributed by atoms with Crippen LogP contribution in [0.5, 0.6) is 0 Å². The van der Waals surface area contributed by atoms with Crippen LogP contribution in [0.2, 0.25) is 0 Å². The van der Waals surface area contributed by atoms with Crippen LogP contribution in [0.25, 0.3) is 0 Å². The molecule has 0 saturated carbocycles. The molecular formula is C11H19N3S. The van der Waals surface area contributed by atoms with Gasteiger partial charge in [-0.1, -0.05) is 6.92 Å². The number of hydrogen-bond donors (Lipinski definition) is 1. The van der Waals surface area contributed by atoms with E-state index in [9.17, 15) is 0 Å². The topological polar surface area (TPSA) is 24.0 Å². The minimum absolute atomic E-state index is 0.867. The van der Waals surface area contributed by atoms with Crippen LogP contribution in [0.15, 0.2) is 6.20 Å². The summed E-state index contributed by atoms with van der Waals surface area (Å²) in [5.41, 5.74) is 1.32. The minimum Gasteiger partial charge on any atom is -0.337 e. The standard InChI is InChI=1S/C11H19N3S/c1-2-10-9-12-11(15)14(10)8-7-13-5-3-4-6-13/h9H,2-8H2,1H3,(H,12,15). The van der Waals surface area contributed by atoms with Gasteiger partial charge >= 0.3 is 0 Å². The Morgan fingerprint density at radius 3 is 2.73 bits per heavy atom. The van der Waals surface area contributed by atoms with E-state index in [0.717, 1.165) is 24.3 Å². The summed E-state index contributed by atoms with van der Waals surface area (Å²) >= 11 is 5.27. The molecule has 0 radical (unpaired) electrons. The number of aromatic amines is 1. The third-order valence-electron chi connectivity index (χ3n) is 3.15. The zero-order valence-corrected chi connectivity index (χ0v) is 10.1. The predicted molar refractivity (Wildman–Crippen MR) is 64.7 cm³/mol. The van der Waals surface area contributed by atoms with Crippen LogP contribution in [-0.2, 0) is 13.0 Å². The van der Waals surface area contributed by atoms with Crippen LogP contribution < -0.4 is 0 Å². The quantitative estimate of drug-likeness (QED) is 0.794. The van der Waals surface area contributed by atoms with E-state index in [-0.39, 0.29) is 0 Å². The average molecular weight is 225 g/mol. The fraction of sp³-hybridized carbons (Fsp3) is 0.727. The second kappa shape index (κ2) is 4.94. The van der Waals surface area contributed by atoms with Crippen molar-refractivity contribution in [2.45, 2.75) is 32.7 Å². The molecule has 0 amide bonds. The summed E-state index contributed by atoms with van der Waals surface area (Å²) in [4.78, 5) is 5.64. The molecule has 0 unspecified atom stereocenters. The highest BCUT2D eigenvalue weighted by atomic mass is 32.1. The Bertz CT molecular complexity index is 360. The highest BCUT2D eigenvalue weighted by Crippen LogP contribution is 2.08. The Morgan fingerprint density at radius 2 is 2.07 bits per heavy atom. The van der Waals surface area contributed by atoms with E-state index in [1.165, 1.54) is 31.6 Å². The molecule has 84 valence electrons. The monoisotopic (exact) mass is 225 g/mol. The Hall–Kier alpha value is -0.610. The van der Waals surface area contributed by atoms with Crippen molar-refractivity contribution in [2.75, 3.05) is 19.6 Å². The van der Waals surface area contributed by atoms with Crippen molar-refractivity contribution < 1.29 is 0 Å². The molecule has 1 aromatic rings. The average Bonchev–Trinajstić information content (AvgIpc) is 2.84. The van der Waals surface area contributed by atoms with Gasteiger partial charge in [0.1, 0.15) is 0 Å². The highest BCUT2D eigenvalue weighted by molar-refractivity contribution is 7.71. The maximum Gasteiger partial charge on any atom is 0.177 e. The first kappa shape index (κ1) is 10.9. The number of hydrogen-bond acceptors (Lipinski definition) is 2. The number of aryl methyl sites for hydroxylation is 1. The molecule has 0 spiro atoms. The number of nitrogens with zero attached hydrogens (tertiary/aromatic N) is 2. The number of aromatic nitrogens is 2. The van der Waals surface area contributed by atoms with Gasteiger partial charge in [0.15, 0.2) is 4.77 Å². The molecule has 2 heterocycles. The fourth-order valence-corrected chi connectivity index (χ4v) is 2.48. The number of imidazole rings is 1. The van der Waals surface area contributed by atoms with Gasteiger partial charge in [-0.05, 0) is 44.6 Å². The van der Waals surface area contributed by atoms with E-state index in [2.05, 4.69) is 21.4 Å². The Kier molecular flexibility index (Phi) is 3.59. The van der Waals surface area contributed by atoms with Crippen molar-refractivity contribution >= 4 is 12.2 Å². The third kappa shape index (κ3) is 2.49. The molecule has 1 N–H and O–H groups in total. The maximum absolute atomic E-state index is 5.27. The van der Waals surface area contributed by atoms with E-state index in [4.69, 9.17) is 12.2 Å². The maximum atomic E-state index is 5.27. The minimum atomic E-state index is 0.867. The van der Waals surface area contributed by atoms with Gasteiger partial charge < -0.3 is 14.5 Å². The summed E-state index contributed by atoms with van der Waals surface area (Å²) in [6.07, 6.45) is 5.80. The molecule has 1 aliphatic rings. The second-order valence-corrected chi connectivity index (χ2v) is 4.53. The highest BCUT2D eigenvalue weighted by Gasteiger charge is 2.11. The number of nitrogens with one attached hydrogen (secondary N) is 1. The van der Waals surface area contributed by atoms with Gasteiger partial charge in [0.25, 0.3) is 0 Å². The first-order valence-corrected chi connectivity index (χ1v) is 6.21. The molecule has 4 heteroatoms. The molecule has 1 aliphatic heterocycles. The number of likely N-dealkylation sites (tertiary alicyclic amines) is 1. The van der Waals surface area contributed by atoms with Crippen LogP contribution in [-0.4, -0.2) is 34.1 Å². The second-order valence-electron chi connectivity index (χ2n) is 4.14. The molecule has 2 rings (SSSR count). The lowest BCUT2D eigenvalue weighted by Gasteiger charge is -2.15. The van der Waals surface area contributed by atoms with Crippen LogP contribution in [0.3, 0.4) is 0 Å². The molecule has 1 fully saturated rings. The molecule has 1 saturated heterocycles. The molecule has 0 aromatic carbocycles. The van der Waals surface area contributed by atoms with Gasteiger partial charge in [0, 0.05) is 25.0 Å². The molecule has 1 aromatic heterocycles. The van der Waals surface area contributed by atoms with Crippen LogP contribution in [0.4, 0.5) is 0 Å². The zero-order valence-electron chi connectivity index (χ0n) is 9.33. The van der Waals surface area contributed by atoms with E-state index in [1.54, 1.807) is 0 Å². The lowest BCUT2D eigenvalue weighted by Crippen LogP contribution is -2.24. The normalized spacial score (nSPS) is 17.4. The number of H-pyrrole nitrogens is 1. The predicted octanol–water partition coefficient (Wildman–Crippen LogP) is 2.20. The molecule has 0 atom stereocenters. The van der Waals surface area contributed by atoms with Gasteiger partial charge in [-0.3, -0.25) is 0 Å². The summed E-state index contributed by atoms with van der Waals surface area (Å²) < 4.78 is 3.10. The van der Waals surface area contributed by atoms with Gasteiger partial charge in [-0.2, -0.15) is 0 Å². The van der Waals surface area contributed by atoms with Crippen molar-refractivity contribution in [3.63, 3.8) is 0 Å². The van der Waals surface area contributed by atoms with E-state index in [0.29, 0.717) is 0 Å². The van der Waals surface area contributed by atoms with Crippen molar-refractivity contribution in [3.05, 3.63) is 16.7 Å². The van der Waals surface area contributed by atoms with E-state index in [1.807, 2.05) is 6.20 Å². The van der Waals surface area contributed by atoms with Crippen molar-refractivity contribution in [1.82, 2.24) is 14.5 Å². The summed E-state index contributed by atoms with van der Waals surface area (Å²) in [5.74, 6) is 0. The lowest BCUT2D eigenvalue weighted by atomic mass is 10.3. The van der Waals surface area contributed by atoms with Crippen molar-refractivity contribution in [1.29, 1.82) is 0 Å². The summed E-state index contributed by atoms with van der Waals surface area (Å²) in [7, 11) is 0. The molecule has 0 bridgehead atoms. The summed E-state index contributed by atoms with van der Waals surface area (Å²) in [6, 6.07) is 0. The van der Waals surface area contributed by atoms with Crippen molar-refractivity contribution in [3.8, 4) is 0 Å². The van der Waals surface area contributed by atoms with Gasteiger partial charge in [0.2, 0.25) is 0 Å². The fourth-order valence-electron chi connectivity index (χ4n) is 2.22. The number of rotatable bonds is 4. The first-order valence-electron chi connectivity index (χ1n) is 5.80. The molecule has 15 heavy (non-hydrogen) atoms. The summed E-state index contributed by atoms with van der Waals surface area (Å²) in [6.45, 7) is 6.87. The van der Waals surface area contributed by atoms with Gasteiger partial charge in [0.05, 0.1) is 0 Å². The lowest BCUT2D eigenvalue weighted by molar-refractivity contribution is 0.320. The van der Waals surface area contributed by atoms with Gasteiger partial charge in [-0.25, -0.2) is 0 Å². The molecule has 3 nitrogen and oxygen atoms in total. The van der Waals surface area contributed by atoms with Gasteiger partial charge in [-0.15, -0.1) is 0 Å². The van der Waals surface area contributed by atoms with E-state index < -0.39 is 0 Å². The largest absolute Gasteiger partial charge is 0.337 e. The molecule has 0 aliphatic carbocycles. The summed E-state index contributed by atoms with van der Waals surface area (Å²) in [5, 5.41) is 0. The smallest absolute Gasteiger partial charge is 0.177 e. The first-order chi connectivity index (χ1) is 7.31. The van der Waals surface area contributed by atoms with Crippen LogP contribution in [0.1, 0.15) is 25.5 Å².